The molecule has 0 fully saturated rings. The summed E-state index contributed by atoms with van der Waals surface area (Å²) in [5.74, 6) is 0.792. The predicted molar refractivity (Wildman–Crippen MR) is 61.0 cm³/mol. The first kappa shape index (κ1) is 11.1. The van der Waals surface area contributed by atoms with Crippen molar-refractivity contribution in [1.82, 2.24) is 0 Å². The van der Waals surface area contributed by atoms with Crippen LogP contribution in [-0.2, 0) is 0 Å². The highest BCUT2D eigenvalue weighted by Gasteiger charge is 2.14. The van der Waals surface area contributed by atoms with E-state index in [1.165, 1.54) is 0 Å². The van der Waals surface area contributed by atoms with E-state index in [2.05, 4.69) is 0 Å². The van der Waals surface area contributed by atoms with Gasteiger partial charge in [-0.05, 0) is 45.0 Å². The molecule has 1 aromatic rings. The van der Waals surface area contributed by atoms with Gasteiger partial charge in [0.2, 0.25) is 0 Å². The minimum atomic E-state index is -0.292. The molecule has 0 bridgehead atoms. The first-order valence-corrected chi connectivity index (χ1v) is 5.00. The Bertz CT molecular complexity index is 329. The Labute approximate surface area is 90.3 Å². The van der Waals surface area contributed by atoms with Gasteiger partial charge >= 0.3 is 0 Å². The maximum atomic E-state index is 5.85. The van der Waals surface area contributed by atoms with E-state index >= 15 is 0 Å². The Kier molecular flexibility index (Phi) is 3.59. The maximum Gasteiger partial charge on any atom is 0.122 e. The molecule has 0 spiro atoms. The van der Waals surface area contributed by atoms with Crippen molar-refractivity contribution in [2.24, 2.45) is 0 Å². The minimum Gasteiger partial charge on any atom is -0.484 e. The average Bonchev–Trinajstić information content (AvgIpc) is 2.02. The predicted octanol–water partition coefficient (Wildman–Crippen LogP) is 4.07. The van der Waals surface area contributed by atoms with E-state index in [1.807, 2.05) is 57.2 Å². The summed E-state index contributed by atoms with van der Waals surface area (Å²) in [5, 5.41) is 0.693. The quantitative estimate of drug-likeness (QED) is 0.684. The van der Waals surface area contributed by atoms with Crippen molar-refractivity contribution in [3.05, 3.63) is 41.4 Å². The molecule has 0 N–H and O–H groups in total. The second-order valence-corrected chi connectivity index (χ2v) is 4.10. The molecule has 1 aromatic carbocycles. The van der Waals surface area contributed by atoms with E-state index in [0.717, 1.165) is 5.75 Å². The van der Waals surface area contributed by atoms with Gasteiger partial charge in [-0.25, -0.2) is 0 Å². The maximum absolute atomic E-state index is 5.85. The van der Waals surface area contributed by atoms with E-state index in [9.17, 15) is 0 Å². The first-order valence-electron chi connectivity index (χ1n) is 4.62. The van der Waals surface area contributed by atoms with Crippen molar-refractivity contribution in [3.63, 3.8) is 0 Å². The van der Waals surface area contributed by atoms with E-state index < -0.39 is 0 Å². The molecular formula is C12H15ClO. The molecule has 0 saturated heterocycles. The van der Waals surface area contributed by atoms with Crippen LogP contribution in [0.5, 0.6) is 5.75 Å². The van der Waals surface area contributed by atoms with Crippen LogP contribution in [0.25, 0.3) is 0 Å². The van der Waals surface area contributed by atoms with Gasteiger partial charge in [0.05, 0.1) is 0 Å². The topological polar surface area (TPSA) is 9.23 Å². The highest BCUT2D eigenvalue weighted by Crippen LogP contribution is 2.22. The molecule has 1 nitrogen and oxygen atoms in total. The van der Waals surface area contributed by atoms with E-state index in [-0.39, 0.29) is 5.60 Å². The third kappa shape index (κ3) is 3.43. The molecule has 0 aliphatic heterocycles. The van der Waals surface area contributed by atoms with Crippen LogP contribution in [0.1, 0.15) is 20.8 Å². The van der Waals surface area contributed by atoms with Crippen LogP contribution in [0.4, 0.5) is 0 Å². The molecular weight excluding hydrogens is 196 g/mol. The Morgan fingerprint density at radius 3 is 2.64 bits per heavy atom. The molecule has 0 saturated carbocycles. The number of rotatable bonds is 3. The normalized spacial score (nSPS) is 12.0. The standard InChI is InChI=1S/C12H15ClO/c1-4-8-12(2,3)14-11-7-5-6-10(13)9-11/h4-9H,1-3H3. The molecule has 0 aliphatic rings. The van der Waals surface area contributed by atoms with Gasteiger partial charge in [0.1, 0.15) is 11.4 Å². The van der Waals surface area contributed by atoms with Gasteiger partial charge in [-0.2, -0.15) is 0 Å². The Balaban J connectivity index is 2.78. The van der Waals surface area contributed by atoms with Crippen molar-refractivity contribution in [2.75, 3.05) is 0 Å². The zero-order valence-electron chi connectivity index (χ0n) is 8.75. The summed E-state index contributed by atoms with van der Waals surface area (Å²) in [6.45, 7) is 5.99. The number of ether oxygens (including phenoxy) is 1. The number of halogens is 1. The average molecular weight is 211 g/mol. The van der Waals surface area contributed by atoms with Gasteiger partial charge < -0.3 is 4.74 Å². The van der Waals surface area contributed by atoms with Gasteiger partial charge in [0, 0.05) is 5.02 Å². The summed E-state index contributed by atoms with van der Waals surface area (Å²) in [6, 6.07) is 7.42. The lowest BCUT2D eigenvalue weighted by Crippen LogP contribution is -2.24. The van der Waals surface area contributed by atoms with Gasteiger partial charge in [-0.1, -0.05) is 23.7 Å². The molecule has 0 unspecified atom stereocenters. The van der Waals surface area contributed by atoms with Crippen LogP contribution >= 0.6 is 11.6 Å². The zero-order chi connectivity index (χ0) is 10.6. The lowest BCUT2D eigenvalue weighted by Gasteiger charge is -2.22. The van der Waals surface area contributed by atoms with Crippen LogP contribution in [0.2, 0.25) is 5.02 Å². The third-order valence-corrected chi connectivity index (χ3v) is 1.98. The fourth-order valence-corrected chi connectivity index (χ4v) is 1.45. The van der Waals surface area contributed by atoms with Crippen molar-refractivity contribution in [2.45, 2.75) is 26.4 Å². The largest absolute Gasteiger partial charge is 0.484 e. The van der Waals surface area contributed by atoms with Gasteiger partial charge in [0.25, 0.3) is 0 Å². The third-order valence-electron chi connectivity index (χ3n) is 1.75. The first-order chi connectivity index (χ1) is 6.53. The zero-order valence-corrected chi connectivity index (χ0v) is 9.51. The summed E-state index contributed by atoms with van der Waals surface area (Å²) >= 11 is 5.85. The van der Waals surface area contributed by atoms with E-state index in [0.29, 0.717) is 5.02 Å². The molecule has 2 heteroatoms. The molecule has 0 aromatic heterocycles. The summed E-state index contributed by atoms with van der Waals surface area (Å²) in [6.07, 6.45) is 3.98. The lowest BCUT2D eigenvalue weighted by molar-refractivity contribution is 0.162. The minimum absolute atomic E-state index is 0.292. The van der Waals surface area contributed by atoms with Gasteiger partial charge in [0.15, 0.2) is 0 Å². The second kappa shape index (κ2) is 4.52. The van der Waals surface area contributed by atoms with E-state index in [4.69, 9.17) is 16.3 Å². The van der Waals surface area contributed by atoms with E-state index in [1.54, 1.807) is 0 Å². The highest BCUT2D eigenvalue weighted by atomic mass is 35.5. The molecule has 76 valence electrons. The molecule has 0 amide bonds. The fourth-order valence-electron chi connectivity index (χ4n) is 1.27. The van der Waals surface area contributed by atoms with Crippen LogP contribution < -0.4 is 4.74 Å². The Morgan fingerprint density at radius 2 is 2.07 bits per heavy atom. The van der Waals surface area contributed by atoms with Crippen LogP contribution in [0.3, 0.4) is 0 Å². The fraction of sp³-hybridized carbons (Fsp3) is 0.333. The molecule has 1 rings (SSSR count). The lowest BCUT2D eigenvalue weighted by atomic mass is 10.1. The number of hydrogen-bond donors (Lipinski definition) is 0. The number of allylic oxidation sites excluding steroid dienone is 1. The van der Waals surface area contributed by atoms with Crippen LogP contribution in [-0.4, -0.2) is 5.60 Å². The molecule has 0 radical (unpaired) electrons. The smallest absolute Gasteiger partial charge is 0.122 e. The Morgan fingerprint density at radius 1 is 1.36 bits per heavy atom. The van der Waals surface area contributed by atoms with Crippen molar-refractivity contribution < 1.29 is 4.74 Å². The summed E-state index contributed by atoms with van der Waals surface area (Å²) in [7, 11) is 0. The van der Waals surface area contributed by atoms with Crippen molar-refractivity contribution in [1.29, 1.82) is 0 Å². The van der Waals surface area contributed by atoms with Gasteiger partial charge in [-0.3, -0.25) is 0 Å². The van der Waals surface area contributed by atoms with Crippen molar-refractivity contribution >= 4 is 11.6 Å². The monoisotopic (exact) mass is 210 g/mol. The molecule has 0 atom stereocenters. The summed E-state index contributed by atoms with van der Waals surface area (Å²) in [5.41, 5.74) is -0.292. The van der Waals surface area contributed by atoms with Gasteiger partial charge in [-0.15, -0.1) is 0 Å². The van der Waals surface area contributed by atoms with Crippen LogP contribution in [0, 0.1) is 0 Å². The molecule has 0 aliphatic carbocycles. The Hall–Kier alpha value is -0.950. The summed E-state index contributed by atoms with van der Waals surface area (Å²) in [4.78, 5) is 0. The molecule has 0 heterocycles. The number of hydrogen-bond acceptors (Lipinski definition) is 1. The summed E-state index contributed by atoms with van der Waals surface area (Å²) < 4.78 is 5.75. The van der Waals surface area contributed by atoms with Crippen LogP contribution in [0.15, 0.2) is 36.4 Å². The second-order valence-electron chi connectivity index (χ2n) is 3.66. The van der Waals surface area contributed by atoms with Crippen molar-refractivity contribution in [3.8, 4) is 5.75 Å². The number of benzene rings is 1. The SMILES string of the molecule is CC=CC(C)(C)Oc1cccc(Cl)c1. The molecule has 14 heavy (non-hydrogen) atoms. The highest BCUT2D eigenvalue weighted by molar-refractivity contribution is 6.30.